The number of alkyl halides is 15. The zero-order chi connectivity index (χ0) is 22.0. The van der Waals surface area contributed by atoms with Gasteiger partial charge in [0.1, 0.15) is 0 Å². The van der Waals surface area contributed by atoms with Gasteiger partial charge in [-0.1, -0.05) is 0 Å². The van der Waals surface area contributed by atoms with Crippen molar-refractivity contribution in [1.29, 1.82) is 0 Å². The molecule has 0 aliphatic heterocycles. The second kappa shape index (κ2) is 6.98. The van der Waals surface area contributed by atoms with Gasteiger partial charge < -0.3 is 0 Å². The van der Waals surface area contributed by atoms with Crippen molar-refractivity contribution in [2.45, 2.75) is 41.0 Å². The van der Waals surface area contributed by atoms with Crippen molar-refractivity contribution in [3.05, 3.63) is 0 Å². The van der Waals surface area contributed by atoms with E-state index in [2.05, 4.69) is 0 Å². The largest absolute Gasteiger partial charge is 0.460 e. The standard InChI is InChI=1S/C7HF15O3S.Na/c8-1(9,2(10,11)4(14,15)6(18,19)20)3(12,13)5(16,17)7(21,22)26(23,24)25;/h(H,23,24,25);. The van der Waals surface area contributed by atoms with Gasteiger partial charge in [0.25, 0.3) is 0 Å². The molecule has 0 rings (SSSR count). The van der Waals surface area contributed by atoms with E-state index in [-0.39, 0.29) is 29.6 Å². The third-order valence-corrected chi connectivity index (χ3v) is 3.53. The van der Waals surface area contributed by atoms with E-state index in [9.17, 15) is 74.3 Å². The van der Waals surface area contributed by atoms with Crippen LogP contribution < -0.4 is 0 Å². The van der Waals surface area contributed by atoms with Crippen molar-refractivity contribution in [3.63, 3.8) is 0 Å². The number of hydrogen-bond acceptors (Lipinski definition) is 2. The van der Waals surface area contributed by atoms with E-state index in [4.69, 9.17) is 4.55 Å². The molecule has 0 atom stereocenters. The molecule has 20 heteroatoms. The molecular weight excluding hydrogens is 472 g/mol. The molecule has 0 fully saturated rings. The smallest absolute Gasteiger partial charge is 0.281 e. The molecule has 0 heterocycles. The molecule has 0 bridgehead atoms. The normalized spacial score (nSPS) is 16.1. The first-order valence-corrected chi connectivity index (χ1v) is 6.49. The van der Waals surface area contributed by atoms with E-state index in [1.54, 1.807) is 0 Å². The Morgan fingerprint density at radius 3 is 0.926 bits per heavy atom. The quantitative estimate of drug-likeness (QED) is 0.363. The Balaban J connectivity index is 0. The molecule has 0 aliphatic rings. The van der Waals surface area contributed by atoms with Crippen LogP contribution in [0.15, 0.2) is 0 Å². The number of hydrogen-bond donors (Lipinski definition) is 1. The molecule has 1 radical (unpaired) electrons. The monoisotopic (exact) mass is 473 g/mol. The minimum absolute atomic E-state index is 0. The van der Waals surface area contributed by atoms with Crippen LogP contribution in [0.5, 0.6) is 0 Å². The molecule has 0 aromatic carbocycles. The van der Waals surface area contributed by atoms with Gasteiger partial charge >= 0.3 is 51.2 Å². The van der Waals surface area contributed by atoms with E-state index in [1.807, 2.05) is 0 Å². The van der Waals surface area contributed by atoms with Crippen molar-refractivity contribution < 1.29 is 78.8 Å². The molecule has 27 heavy (non-hydrogen) atoms. The second-order valence-electron chi connectivity index (χ2n) is 4.36. The van der Waals surface area contributed by atoms with Crippen LogP contribution in [0.25, 0.3) is 0 Å². The van der Waals surface area contributed by atoms with E-state index in [0.29, 0.717) is 0 Å². The predicted molar refractivity (Wildman–Crippen MR) is 53.0 cm³/mol. The Morgan fingerprint density at radius 1 is 0.481 bits per heavy atom. The van der Waals surface area contributed by atoms with Crippen LogP contribution in [0.2, 0.25) is 0 Å². The molecule has 0 amide bonds. The van der Waals surface area contributed by atoms with E-state index in [0.717, 1.165) is 0 Å². The summed E-state index contributed by atoms with van der Waals surface area (Å²) in [6, 6.07) is 0. The average Bonchev–Trinajstić information content (AvgIpc) is 2.34. The van der Waals surface area contributed by atoms with Crippen LogP contribution in [-0.2, 0) is 10.1 Å². The Bertz CT molecular complexity index is 651. The van der Waals surface area contributed by atoms with Gasteiger partial charge in [-0.15, -0.1) is 0 Å². The van der Waals surface area contributed by atoms with Gasteiger partial charge in [0.2, 0.25) is 0 Å². The van der Waals surface area contributed by atoms with E-state index >= 15 is 0 Å². The fraction of sp³-hybridized carbons (Fsp3) is 1.00. The SMILES string of the molecule is O=S(=O)(O)C(F)(F)C(F)(F)C(F)(F)C(F)(F)C(F)(F)C(F)(F)C(F)(F)F.[Na]. The molecule has 0 spiro atoms. The Kier molecular flexibility index (Phi) is 7.51. The Morgan fingerprint density at radius 2 is 0.704 bits per heavy atom. The second-order valence-corrected chi connectivity index (χ2v) is 5.82. The van der Waals surface area contributed by atoms with Crippen LogP contribution in [0.4, 0.5) is 65.9 Å². The maximum atomic E-state index is 12.9. The maximum Gasteiger partial charge on any atom is 0.460 e. The zero-order valence-electron chi connectivity index (χ0n) is 11.8. The van der Waals surface area contributed by atoms with Crippen molar-refractivity contribution >= 4 is 39.7 Å². The van der Waals surface area contributed by atoms with E-state index < -0.39 is 51.2 Å². The first-order chi connectivity index (χ1) is 10.8. The van der Waals surface area contributed by atoms with Crippen LogP contribution in [0, 0.1) is 0 Å². The van der Waals surface area contributed by atoms with Crippen LogP contribution in [-0.4, -0.2) is 83.6 Å². The van der Waals surface area contributed by atoms with Gasteiger partial charge in [0, 0.05) is 29.6 Å². The van der Waals surface area contributed by atoms with E-state index in [1.165, 1.54) is 0 Å². The molecule has 3 nitrogen and oxygen atoms in total. The molecule has 0 aromatic heterocycles. The molecule has 0 aromatic rings. The van der Waals surface area contributed by atoms with Gasteiger partial charge in [0.15, 0.2) is 0 Å². The molecule has 0 unspecified atom stereocenters. The maximum absolute atomic E-state index is 12.9. The Hall–Kier alpha value is -0.140. The summed E-state index contributed by atoms with van der Waals surface area (Å²) in [5.74, 6) is -42.0. The van der Waals surface area contributed by atoms with Crippen molar-refractivity contribution in [1.82, 2.24) is 0 Å². The molecule has 0 saturated heterocycles. The van der Waals surface area contributed by atoms with Gasteiger partial charge in [-0.25, -0.2) is 0 Å². The minimum Gasteiger partial charge on any atom is -0.281 e. The molecule has 159 valence electrons. The zero-order valence-corrected chi connectivity index (χ0v) is 14.7. The van der Waals surface area contributed by atoms with Crippen molar-refractivity contribution in [2.24, 2.45) is 0 Å². The third-order valence-electron chi connectivity index (χ3n) is 2.62. The summed E-state index contributed by atoms with van der Waals surface area (Å²) < 4.78 is 215. The molecular formula is C7HF15NaO3S. The number of halogens is 15. The average molecular weight is 473 g/mol. The van der Waals surface area contributed by atoms with Crippen molar-refractivity contribution in [3.8, 4) is 0 Å². The molecule has 1 N–H and O–H groups in total. The summed E-state index contributed by atoms with van der Waals surface area (Å²) in [5, 5.41) is -7.70. The fourth-order valence-corrected chi connectivity index (χ4v) is 1.57. The molecule has 0 saturated carbocycles. The van der Waals surface area contributed by atoms with Gasteiger partial charge in [-0.3, -0.25) is 4.55 Å². The summed E-state index contributed by atoms with van der Waals surface area (Å²) in [7, 11) is -7.76. The summed E-state index contributed by atoms with van der Waals surface area (Å²) in [5.41, 5.74) is 0. The van der Waals surface area contributed by atoms with Crippen LogP contribution in [0.1, 0.15) is 0 Å². The topological polar surface area (TPSA) is 54.4 Å². The van der Waals surface area contributed by atoms with Gasteiger partial charge in [-0.05, 0) is 0 Å². The van der Waals surface area contributed by atoms with Gasteiger partial charge in [0.05, 0.1) is 0 Å². The predicted octanol–water partition coefficient (Wildman–Crippen LogP) is 3.83. The van der Waals surface area contributed by atoms with Crippen molar-refractivity contribution in [2.75, 3.05) is 0 Å². The van der Waals surface area contributed by atoms with Crippen LogP contribution >= 0.6 is 0 Å². The summed E-state index contributed by atoms with van der Waals surface area (Å²) >= 11 is 0. The summed E-state index contributed by atoms with van der Waals surface area (Å²) in [6.45, 7) is 0. The van der Waals surface area contributed by atoms with Gasteiger partial charge in [-0.2, -0.15) is 74.3 Å². The fourth-order valence-electron chi connectivity index (χ4n) is 1.11. The first-order valence-electron chi connectivity index (χ1n) is 5.05. The number of rotatable bonds is 6. The summed E-state index contributed by atoms with van der Waals surface area (Å²) in [4.78, 5) is 0. The molecule has 0 aliphatic carbocycles. The minimum atomic E-state index is -8.60. The summed E-state index contributed by atoms with van der Waals surface area (Å²) in [6.07, 6.45) is -7.75. The third kappa shape index (κ3) is 3.73. The Labute approximate surface area is 159 Å². The first kappa shape index (κ1) is 29.1. The van der Waals surface area contributed by atoms with Crippen LogP contribution in [0.3, 0.4) is 0 Å².